The number of sulfonamides is 1. The van der Waals surface area contributed by atoms with E-state index < -0.39 is 25.5 Å². The Hall–Kier alpha value is -3.22. The number of anilines is 2. The van der Waals surface area contributed by atoms with Crippen molar-refractivity contribution in [2.24, 2.45) is 0 Å². The fraction of sp³-hybridized carbons (Fsp3) is 0.250. The summed E-state index contributed by atoms with van der Waals surface area (Å²) in [7, 11) is -2.83. The van der Waals surface area contributed by atoms with Crippen molar-refractivity contribution in [3.05, 3.63) is 58.0 Å². The lowest BCUT2D eigenvalue weighted by atomic mass is 10.1. The molecule has 32 heavy (non-hydrogen) atoms. The summed E-state index contributed by atoms with van der Waals surface area (Å²) in [5.41, 5.74) is 1.34. The number of nitrogens with zero attached hydrogens (tertiary/aromatic N) is 3. The van der Waals surface area contributed by atoms with Crippen molar-refractivity contribution in [1.82, 2.24) is 4.98 Å². The van der Waals surface area contributed by atoms with Gasteiger partial charge in [0.2, 0.25) is 0 Å². The predicted octanol–water partition coefficient (Wildman–Crippen LogP) is 3.36. The summed E-state index contributed by atoms with van der Waals surface area (Å²) in [6.45, 7) is 2.95. The summed E-state index contributed by atoms with van der Waals surface area (Å²) >= 11 is 1.54. The minimum absolute atomic E-state index is 0.194. The number of methoxy groups -OCH3 is 1. The molecular formula is C20H20N4O6S2. The molecule has 1 saturated heterocycles. The zero-order valence-electron chi connectivity index (χ0n) is 17.1. The molecule has 0 spiro atoms. The smallest absolute Gasteiger partial charge is 0.293 e. The molecule has 10 nitrogen and oxygen atoms in total. The van der Waals surface area contributed by atoms with Crippen molar-refractivity contribution in [2.75, 3.05) is 43.0 Å². The highest BCUT2D eigenvalue weighted by atomic mass is 32.2. The van der Waals surface area contributed by atoms with Gasteiger partial charge in [0, 0.05) is 29.7 Å². The van der Waals surface area contributed by atoms with Gasteiger partial charge in [0.15, 0.2) is 10.0 Å². The number of aromatic nitrogens is 1. The van der Waals surface area contributed by atoms with Crippen molar-refractivity contribution in [1.29, 1.82) is 0 Å². The number of nitro benzene ring substituents is 1. The normalized spacial score (nSPS) is 14.2. The summed E-state index contributed by atoms with van der Waals surface area (Å²) < 4.78 is 38.3. The van der Waals surface area contributed by atoms with E-state index in [-0.39, 0.29) is 11.4 Å². The molecule has 0 amide bonds. The second kappa shape index (κ2) is 9.10. The second-order valence-electron chi connectivity index (χ2n) is 6.89. The van der Waals surface area contributed by atoms with Crippen LogP contribution in [0.1, 0.15) is 0 Å². The molecule has 2 aromatic carbocycles. The quantitative estimate of drug-likeness (QED) is 0.407. The maximum Gasteiger partial charge on any atom is 0.293 e. The van der Waals surface area contributed by atoms with Crippen LogP contribution in [-0.4, -0.2) is 51.7 Å². The van der Waals surface area contributed by atoms with Crippen LogP contribution in [0.3, 0.4) is 0 Å². The lowest BCUT2D eigenvalue weighted by Crippen LogP contribution is -2.36. The third kappa shape index (κ3) is 4.66. The van der Waals surface area contributed by atoms with Gasteiger partial charge in [-0.05, 0) is 24.3 Å². The van der Waals surface area contributed by atoms with E-state index in [4.69, 9.17) is 9.47 Å². The lowest BCUT2D eigenvalue weighted by Gasteiger charge is -2.26. The standard InChI is InChI=1S/C20H20N4O6S2/c1-29-16-6-7-19(18(12-16)24(25)26)32(27,28)22-15-4-2-14(3-5-15)17-13-31-20(21-17)23-8-10-30-11-9-23/h2-7,12-13,22H,8-11H2,1H3. The van der Waals surface area contributed by atoms with Crippen molar-refractivity contribution in [3.8, 4) is 17.0 Å². The highest BCUT2D eigenvalue weighted by Crippen LogP contribution is 2.31. The van der Waals surface area contributed by atoms with Crippen LogP contribution >= 0.6 is 11.3 Å². The Morgan fingerprint density at radius 3 is 2.56 bits per heavy atom. The second-order valence-corrected chi connectivity index (χ2v) is 9.38. The molecule has 0 unspecified atom stereocenters. The van der Waals surface area contributed by atoms with Gasteiger partial charge in [0.1, 0.15) is 5.75 Å². The van der Waals surface area contributed by atoms with E-state index >= 15 is 0 Å². The molecule has 0 radical (unpaired) electrons. The molecule has 0 atom stereocenters. The fourth-order valence-corrected chi connectivity index (χ4v) is 5.31. The molecule has 1 aliphatic heterocycles. The number of morpholine rings is 1. The number of nitrogens with one attached hydrogen (secondary N) is 1. The molecule has 1 aliphatic rings. The zero-order valence-corrected chi connectivity index (χ0v) is 18.7. The van der Waals surface area contributed by atoms with Crippen molar-refractivity contribution < 1.29 is 22.8 Å². The number of hydrogen-bond donors (Lipinski definition) is 1. The molecule has 2 heterocycles. The number of rotatable bonds is 7. The van der Waals surface area contributed by atoms with Crippen LogP contribution < -0.4 is 14.4 Å². The fourth-order valence-electron chi connectivity index (χ4n) is 3.21. The SMILES string of the molecule is COc1ccc(S(=O)(=O)Nc2ccc(-c3csc(N4CCOCC4)n3)cc2)c([N+](=O)[O-])c1. The Kier molecular flexibility index (Phi) is 6.26. The largest absolute Gasteiger partial charge is 0.497 e. The third-order valence-corrected chi connectivity index (χ3v) is 7.19. The molecule has 0 saturated carbocycles. The molecule has 0 bridgehead atoms. The summed E-state index contributed by atoms with van der Waals surface area (Å²) in [5, 5.41) is 14.2. The molecule has 3 aromatic rings. The average molecular weight is 477 g/mol. The van der Waals surface area contributed by atoms with Gasteiger partial charge in [-0.15, -0.1) is 11.3 Å². The summed E-state index contributed by atoms with van der Waals surface area (Å²) in [6, 6.07) is 10.3. The molecule has 168 valence electrons. The number of ether oxygens (including phenoxy) is 2. The first-order valence-electron chi connectivity index (χ1n) is 9.61. The summed E-state index contributed by atoms with van der Waals surface area (Å²) in [6.07, 6.45) is 0. The van der Waals surface area contributed by atoms with Gasteiger partial charge in [-0.2, -0.15) is 0 Å². The van der Waals surface area contributed by atoms with E-state index in [2.05, 4.69) is 14.6 Å². The highest BCUT2D eigenvalue weighted by molar-refractivity contribution is 7.92. The maximum atomic E-state index is 12.8. The van der Waals surface area contributed by atoms with Gasteiger partial charge in [-0.1, -0.05) is 12.1 Å². The Labute approximate surface area is 188 Å². The van der Waals surface area contributed by atoms with Gasteiger partial charge < -0.3 is 14.4 Å². The van der Waals surface area contributed by atoms with Crippen LogP contribution in [-0.2, 0) is 14.8 Å². The van der Waals surface area contributed by atoms with Gasteiger partial charge in [-0.25, -0.2) is 13.4 Å². The first kappa shape index (κ1) is 22.0. The van der Waals surface area contributed by atoms with Gasteiger partial charge >= 0.3 is 0 Å². The molecule has 0 aliphatic carbocycles. The van der Waals surface area contributed by atoms with E-state index in [1.165, 1.54) is 13.2 Å². The Morgan fingerprint density at radius 2 is 1.91 bits per heavy atom. The van der Waals surface area contributed by atoms with E-state index in [0.29, 0.717) is 13.2 Å². The van der Waals surface area contributed by atoms with E-state index in [1.807, 2.05) is 5.38 Å². The molecule has 4 rings (SSSR count). The van der Waals surface area contributed by atoms with E-state index in [0.717, 1.165) is 41.6 Å². The van der Waals surface area contributed by atoms with Gasteiger partial charge in [0.25, 0.3) is 15.7 Å². The Morgan fingerprint density at radius 1 is 1.19 bits per heavy atom. The van der Waals surface area contributed by atoms with Crippen LogP contribution in [0, 0.1) is 10.1 Å². The molecule has 1 aromatic heterocycles. The van der Waals surface area contributed by atoms with Crippen molar-refractivity contribution in [2.45, 2.75) is 4.90 Å². The molecule has 12 heteroatoms. The zero-order chi connectivity index (χ0) is 22.7. The summed E-state index contributed by atoms with van der Waals surface area (Å²) in [4.78, 5) is 17.0. The molecular weight excluding hydrogens is 456 g/mol. The maximum absolute atomic E-state index is 12.8. The number of hydrogen-bond acceptors (Lipinski definition) is 9. The van der Waals surface area contributed by atoms with Crippen LogP contribution in [0.25, 0.3) is 11.3 Å². The van der Waals surface area contributed by atoms with Gasteiger partial charge in [0.05, 0.1) is 37.0 Å². The highest BCUT2D eigenvalue weighted by Gasteiger charge is 2.26. The average Bonchev–Trinajstić information content (AvgIpc) is 3.30. The topological polar surface area (TPSA) is 124 Å². The minimum Gasteiger partial charge on any atom is -0.497 e. The summed E-state index contributed by atoms with van der Waals surface area (Å²) in [5.74, 6) is 0.194. The third-order valence-electron chi connectivity index (χ3n) is 4.86. The van der Waals surface area contributed by atoms with Crippen LogP contribution in [0.5, 0.6) is 5.75 Å². The Balaban J connectivity index is 1.53. The first-order valence-corrected chi connectivity index (χ1v) is 12.0. The van der Waals surface area contributed by atoms with Crippen LogP contribution in [0.2, 0.25) is 0 Å². The van der Waals surface area contributed by atoms with Crippen molar-refractivity contribution >= 4 is 37.9 Å². The molecule has 1 N–H and O–H groups in total. The lowest BCUT2D eigenvalue weighted by molar-refractivity contribution is -0.387. The predicted molar refractivity (Wildman–Crippen MR) is 121 cm³/mol. The molecule has 1 fully saturated rings. The first-order chi connectivity index (χ1) is 15.4. The van der Waals surface area contributed by atoms with E-state index in [9.17, 15) is 18.5 Å². The van der Waals surface area contributed by atoms with Crippen LogP contribution in [0.4, 0.5) is 16.5 Å². The Bertz CT molecular complexity index is 1220. The monoisotopic (exact) mass is 476 g/mol. The van der Waals surface area contributed by atoms with Crippen LogP contribution in [0.15, 0.2) is 52.7 Å². The van der Waals surface area contributed by atoms with E-state index in [1.54, 1.807) is 35.6 Å². The number of thiazole rings is 1. The number of nitro groups is 1. The number of benzene rings is 2. The van der Waals surface area contributed by atoms with Gasteiger partial charge in [-0.3, -0.25) is 14.8 Å². The van der Waals surface area contributed by atoms with Crippen molar-refractivity contribution in [3.63, 3.8) is 0 Å². The minimum atomic E-state index is -4.18.